The number of benzene rings is 2. The van der Waals surface area contributed by atoms with Gasteiger partial charge in [0.2, 0.25) is 5.91 Å². The number of aliphatic hydroxyl groups excluding tert-OH is 1. The van der Waals surface area contributed by atoms with Crippen LogP contribution in [0.4, 0.5) is 5.69 Å². The summed E-state index contributed by atoms with van der Waals surface area (Å²) in [7, 11) is 0. The highest BCUT2D eigenvalue weighted by molar-refractivity contribution is 7.99. The number of aliphatic hydroxyl groups is 1. The van der Waals surface area contributed by atoms with Crippen molar-refractivity contribution in [3.05, 3.63) is 60.2 Å². The number of carbonyl (C=O) groups is 1. The van der Waals surface area contributed by atoms with Gasteiger partial charge in [-0.05, 0) is 30.4 Å². The highest BCUT2D eigenvalue weighted by Crippen LogP contribution is 2.19. The van der Waals surface area contributed by atoms with E-state index in [2.05, 4.69) is 17.4 Å². The summed E-state index contributed by atoms with van der Waals surface area (Å²) in [5.41, 5.74) is 1.44. The van der Waals surface area contributed by atoms with Crippen LogP contribution in [-0.2, 0) is 11.4 Å². The quantitative estimate of drug-likeness (QED) is 0.606. The van der Waals surface area contributed by atoms with Gasteiger partial charge in [-0.25, -0.2) is 0 Å². The van der Waals surface area contributed by atoms with Gasteiger partial charge in [0.15, 0.2) is 0 Å². The van der Waals surface area contributed by atoms with Crippen molar-refractivity contribution in [1.82, 2.24) is 0 Å². The maximum absolute atomic E-state index is 11.9. The van der Waals surface area contributed by atoms with Gasteiger partial charge in [-0.2, -0.15) is 0 Å². The van der Waals surface area contributed by atoms with Gasteiger partial charge in [0, 0.05) is 22.6 Å². The number of carbonyl (C=O) groups excluding carboxylic acids is 1. The summed E-state index contributed by atoms with van der Waals surface area (Å²) < 4.78 is 0. The van der Waals surface area contributed by atoms with Crippen LogP contribution in [0.2, 0.25) is 0 Å². The second-order valence-corrected chi connectivity index (χ2v) is 5.80. The summed E-state index contributed by atoms with van der Waals surface area (Å²) in [5, 5.41) is 12.1. The molecule has 0 spiro atoms. The molecule has 0 saturated heterocycles. The van der Waals surface area contributed by atoms with E-state index in [0.29, 0.717) is 12.1 Å². The fourth-order valence-corrected chi connectivity index (χ4v) is 2.81. The van der Waals surface area contributed by atoms with E-state index >= 15 is 0 Å². The molecule has 2 rings (SSSR count). The molecular formula is C17H19NO2S. The van der Waals surface area contributed by atoms with Gasteiger partial charge in [0.25, 0.3) is 0 Å². The zero-order valence-corrected chi connectivity index (χ0v) is 12.6. The third-order valence-electron chi connectivity index (χ3n) is 3.02. The first-order valence-electron chi connectivity index (χ1n) is 6.96. The molecule has 2 aromatic carbocycles. The van der Waals surface area contributed by atoms with E-state index in [0.717, 1.165) is 17.7 Å². The Morgan fingerprint density at radius 3 is 2.52 bits per heavy atom. The summed E-state index contributed by atoms with van der Waals surface area (Å²) in [4.78, 5) is 13.1. The van der Waals surface area contributed by atoms with Gasteiger partial charge in [0.1, 0.15) is 0 Å². The Balaban J connectivity index is 1.72. The maximum atomic E-state index is 11.9. The number of thioether (sulfide) groups is 1. The molecule has 0 radical (unpaired) electrons. The Bertz CT molecular complexity index is 572. The number of anilines is 1. The lowest BCUT2D eigenvalue weighted by Crippen LogP contribution is -2.13. The van der Waals surface area contributed by atoms with Crippen molar-refractivity contribution in [2.24, 2.45) is 0 Å². The molecule has 0 heterocycles. The lowest BCUT2D eigenvalue weighted by molar-refractivity contribution is -0.116. The first kappa shape index (κ1) is 15.6. The molecule has 2 aromatic rings. The van der Waals surface area contributed by atoms with E-state index in [-0.39, 0.29) is 12.5 Å². The van der Waals surface area contributed by atoms with Crippen LogP contribution >= 0.6 is 11.8 Å². The van der Waals surface area contributed by atoms with Crippen molar-refractivity contribution < 1.29 is 9.90 Å². The van der Waals surface area contributed by atoms with Crippen molar-refractivity contribution in [2.75, 3.05) is 11.1 Å². The molecule has 0 aliphatic heterocycles. The number of para-hydroxylation sites is 1. The molecule has 1 amide bonds. The highest BCUT2D eigenvalue weighted by Gasteiger charge is 2.05. The van der Waals surface area contributed by atoms with Crippen molar-refractivity contribution in [3.63, 3.8) is 0 Å². The average molecular weight is 301 g/mol. The largest absolute Gasteiger partial charge is 0.392 e. The molecule has 0 saturated carbocycles. The molecule has 21 heavy (non-hydrogen) atoms. The summed E-state index contributed by atoms with van der Waals surface area (Å²) in [6.07, 6.45) is 1.31. The van der Waals surface area contributed by atoms with Crippen LogP contribution in [0, 0.1) is 0 Å². The van der Waals surface area contributed by atoms with Crippen LogP contribution in [0.1, 0.15) is 18.4 Å². The number of hydrogen-bond donors (Lipinski definition) is 2. The first-order chi connectivity index (χ1) is 10.3. The van der Waals surface area contributed by atoms with E-state index in [9.17, 15) is 9.90 Å². The monoisotopic (exact) mass is 301 g/mol. The third-order valence-corrected chi connectivity index (χ3v) is 4.12. The van der Waals surface area contributed by atoms with E-state index in [1.54, 1.807) is 17.8 Å². The Morgan fingerprint density at radius 1 is 1.05 bits per heavy atom. The third kappa shape index (κ3) is 5.25. The Labute approximate surface area is 129 Å². The molecule has 0 fully saturated rings. The van der Waals surface area contributed by atoms with Crippen LogP contribution in [0.5, 0.6) is 0 Å². The lowest BCUT2D eigenvalue weighted by Gasteiger charge is -2.09. The molecule has 0 unspecified atom stereocenters. The van der Waals surface area contributed by atoms with E-state index < -0.39 is 0 Å². The predicted molar refractivity (Wildman–Crippen MR) is 87.4 cm³/mol. The molecule has 0 aliphatic carbocycles. The first-order valence-corrected chi connectivity index (χ1v) is 7.94. The average Bonchev–Trinajstić information content (AvgIpc) is 2.53. The Kier molecular flexibility index (Phi) is 6.31. The van der Waals surface area contributed by atoms with Crippen LogP contribution in [0.25, 0.3) is 0 Å². The molecule has 110 valence electrons. The van der Waals surface area contributed by atoms with Crippen molar-refractivity contribution in [1.29, 1.82) is 0 Å². The van der Waals surface area contributed by atoms with Gasteiger partial charge >= 0.3 is 0 Å². The molecule has 2 N–H and O–H groups in total. The summed E-state index contributed by atoms with van der Waals surface area (Å²) in [6.45, 7) is -0.0691. The Hall–Kier alpha value is -1.78. The SMILES string of the molecule is O=C(CCCSc1ccccc1)Nc1ccccc1CO. The summed E-state index contributed by atoms with van der Waals surface area (Å²) in [6, 6.07) is 17.5. The molecule has 0 bridgehead atoms. The van der Waals surface area contributed by atoms with Crippen molar-refractivity contribution in [2.45, 2.75) is 24.3 Å². The van der Waals surface area contributed by atoms with Crippen LogP contribution in [0.3, 0.4) is 0 Å². The van der Waals surface area contributed by atoms with Crippen molar-refractivity contribution >= 4 is 23.4 Å². The van der Waals surface area contributed by atoms with Gasteiger partial charge in [-0.15, -0.1) is 11.8 Å². The molecule has 3 nitrogen and oxygen atoms in total. The lowest BCUT2D eigenvalue weighted by atomic mass is 10.2. The fourth-order valence-electron chi connectivity index (χ4n) is 1.93. The number of amides is 1. The summed E-state index contributed by atoms with van der Waals surface area (Å²) in [5.74, 6) is 0.906. The predicted octanol–water partition coefficient (Wildman–Crippen LogP) is 3.69. The molecular weight excluding hydrogens is 282 g/mol. The standard InChI is InChI=1S/C17H19NO2S/c19-13-14-7-4-5-10-16(14)18-17(20)11-6-12-21-15-8-2-1-3-9-15/h1-5,7-10,19H,6,11-13H2,(H,18,20). The van der Waals surface area contributed by atoms with Gasteiger partial charge in [0.05, 0.1) is 6.61 Å². The Morgan fingerprint density at radius 2 is 1.76 bits per heavy atom. The topological polar surface area (TPSA) is 49.3 Å². The molecule has 0 atom stereocenters. The number of rotatable bonds is 7. The van der Waals surface area contributed by atoms with Gasteiger partial charge in [-0.3, -0.25) is 4.79 Å². The van der Waals surface area contributed by atoms with Crippen LogP contribution in [0.15, 0.2) is 59.5 Å². The zero-order valence-electron chi connectivity index (χ0n) is 11.8. The zero-order chi connectivity index (χ0) is 14.9. The fraction of sp³-hybridized carbons (Fsp3) is 0.235. The maximum Gasteiger partial charge on any atom is 0.224 e. The second-order valence-electron chi connectivity index (χ2n) is 4.63. The van der Waals surface area contributed by atoms with Crippen LogP contribution in [-0.4, -0.2) is 16.8 Å². The van der Waals surface area contributed by atoms with Crippen molar-refractivity contribution in [3.8, 4) is 0 Å². The van der Waals surface area contributed by atoms with Gasteiger partial charge in [-0.1, -0.05) is 36.4 Å². The molecule has 0 aromatic heterocycles. The number of nitrogens with one attached hydrogen (secondary N) is 1. The minimum Gasteiger partial charge on any atom is -0.392 e. The summed E-state index contributed by atoms with van der Waals surface area (Å²) >= 11 is 1.76. The smallest absolute Gasteiger partial charge is 0.224 e. The highest BCUT2D eigenvalue weighted by atomic mass is 32.2. The molecule has 0 aliphatic rings. The normalized spacial score (nSPS) is 10.3. The van der Waals surface area contributed by atoms with E-state index in [1.807, 2.05) is 36.4 Å². The van der Waals surface area contributed by atoms with E-state index in [4.69, 9.17) is 0 Å². The number of hydrogen-bond acceptors (Lipinski definition) is 3. The van der Waals surface area contributed by atoms with Crippen LogP contribution < -0.4 is 5.32 Å². The van der Waals surface area contributed by atoms with Gasteiger partial charge < -0.3 is 10.4 Å². The minimum atomic E-state index is -0.0691. The molecule has 4 heteroatoms. The second kappa shape index (κ2) is 8.49. The minimum absolute atomic E-state index is 0.00967. The van der Waals surface area contributed by atoms with E-state index in [1.165, 1.54) is 4.90 Å².